The van der Waals surface area contributed by atoms with Gasteiger partial charge < -0.3 is 15.2 Å². The van der Waals surface area contributed by atoms with E-state index >= 15 is 0 Å². The highest BCUT2D eigenvalue weighted by Crippen LogP contribution is 2.34. The number of rotatable bonds is 5. The molecule has 2 aromatic carbocycles. The second-order valence-electron chi connectivity index (χ2n) is 8.97. The molecule has 1 fully saturated rings. The van der Waals surface area contributed by atoms with Crippen molar-refractivity contribution in [3.05, 3.63) is 70.8 Å². The number of hydrogen-bond donors (Lipinski definition) is 2. The highest BCUT2D eigenvalue weighted by molar-refractivity contribution is 7.91. The molecule has 36 heavy (non-hydrogen) atoms. The molecular formula is C24H22F4N4O3S. The van der Waals surface area contributed by atoms with E-state index in [1.54, 1.807) is 17.0 Å². The zero-order chi connectivity index (χ0) is 25.7. The Labute approximate surface area is 204 Å². The number of imidazole rings is 1. The molecule has 5 rings (SSSR count). The standard InChI is InChI=1S/C24H22F4N4O3S/c25-20-11-17(6-7-19(20)24(26,27)28)30-16-5-4-15-13-32(9-8-14(15)10-16)22(33)21-12-29-23(31-21)36(34,35)18-2-1-3-18/h4-7,10-12,18,30H,1-3,8-9,13H2,(H,29,31). The summed E-state index contributed by atoms with van der Waals surface area (Å²) in [5, 5.41) is 2.28. The lowest BCUT2D eigenvalue weighted by Gasteiger charge is -2.28. The van der Waals surface area contributed by atoms with Gasteiger partial charge in [0.15, 0.2) is 0 Å². The van der Waals surface area contributed by atoms with Gasteiger partial charge in [-0.1, -0.05) is 12.5 Å². The largest absolute Gasteiger partial charge is 0.419 e. The summed E-state index contributed by atoms with van der Waals surface area (Å²) < 4.78 is 77.3. The number of aromatic amines is 1. The third-order valence-electron chi connectivity index (χ3n) is 6.60. The van der Waals surface area contributed by atoms with Crippen molar-refractivity contribution in [2.24, 2.45) is 0 Å². The average Bonchev–Trinajstić information content (AvgIpc) is 3.27. The predicted octanol–water partition coefficient (Wildman–Crippen LogP) is 4.84. The number of aromatic nitrogens is 2. The number of halogens is 4. The molecule has 2 aliphatic rings. The summed E-state index contributed by atoms with van der Waals surface area (Å²) in [5.74, 6) is -1.74. The Morgan fingerprint density at radius 2 is 1.81 bits per heavy atom. The molecule has 0 atom stereocenters. The van der Waals surface area contributed by atoms with Crippen LogP contribution >= 0.6 is 0 Å². The van der Waals surface area contributed by atoms with Crippen LogP contribution < -0.4 is 5.32 Å². The number of carbonyl (C=O) groups is 1. The molecule has 2 heterocycles. The van der Waals surface area contributed by atoms with Crippen LogP contribution in [0, 0.1) is 5.82 Å². The Morgan fingerprint density at radius 3 is 2.47 bits per heavy atom. The molecule has 1 amide bonds. The Bertz CT molecular complexity index is 1430. The Hall–Kier alpha value is -3.41. The maximum Gasteiger partial charge on any atom is 0.419 e. The highest BCUT2D eigenvalue weighted by atomic mass is 32.2. The number of benzene rings is 2. The van der Waals surface area contributed by atoms with Gasteiger partial charge in [-0.15, -0.1) is 0 Å². The molecule has 1 aliphatic heterocycles. The molecule has 12 heteroatoms. The van der Waals surface area contributed by atoms with E-state index in [1.807, 2.05) is 6.07 Å². The molecule has 0 unspecified atom stereocenters. The molecule has 1 aliphatic carbocycles. The summed E-state index contributed by atoms with van der Waals surface area (Å²) in [5.41, 5.74) is 1.28. The van der Waals surface area contributed by atoms with Gasteiger partial charge in [0.1, 0.15) is 11.5 Å². The number of nitrogens with one attached hydrogen (secondary N) is 2. The van der Waals surface area contributed by atoms with Crippen LogP contribution in [0.2, 0.25) is 0 Å². The van der Waals surface area contributed by atoms with E-state index in [9.17, 15) is 30.8 Å². The molecule has 0 bridgehead atoms. The number of amides is 1. The zero-order valence-corrected chi connectivity index (χ0v) is 19.7. The first-order valence-electron chi connectivity index (χ1n) is 11.4. The van der Waals surface area contributed by atoms with Crippen molar-refractivity contribution in [3.8, 4) is 0 Å². The van der Waals surface area contributed by atoms with Gasteiger partial charge in [-0.05, 0) is 60.7 Å². The summed E-state index contributed by atoms with van der Waals surface area (Å²) in [7, 11) is -3.56. The summed E-state index contributed by atoms with van der Waals surface area (Å²) in [6.07, 6.45) is -0.878. The molecule has 0 radical (unpaired) electrons. The normalized spacial score (nSPS) is 16.4. The van der Waals surface area contributed by atoms with Gasteiger partial charge in [0.05, 0.1) is 10.8 Å². The van der Waals surface area contributed by atoms with Crippen molar-refractivity contribution >= 4 is 27.1 Å². The summed E-state index contributed by atoms with van der Waals surface area (Å²) in [4.78, 5) is 21.2. The van der Waals surface area contributed by atoms with E-state index in [0.717, 1.165) is 29.7 Å². The van der Waals surface area contributed by atoms with E-state index in [4.69, 9.17) is 0 Å². The SMILES string of the molecule is O=C(c1c[nH]c(S(=O)(=O)C2CCC2)n1)N1CCc2cc(Nc3ccc(C(F)(F)F)c(F)c3)ccc2C1. The van der Waals surface area contributed by atoms with Gasteiger partial charge >= 0.3 is 6.18 Å². The molecule has 2 N–H and O–H groups in total. The minimum absolute atomic E-state index is 0.0407. The van der Waals surface area contributed by atoms with Crippen molar-refractivity contribution in [2.45, 2.75) is 48.8 Å². The average molecular weight is 523 g/mol. The van der Waals surface area contributed by atoms with Crippen molar-refractivity contribution in [3.63, 3.8) is 0 Å². The smallest absolute Gasteiger partial charge is 0.355 e. The van der Waals surface area contributed by atoms with E-state index in [-0.39, 0.29) is 22.4 Å². The fourth-order valence-corrected chi connectivity index (χ4v) is 6.07. The lowest BCUT2D eigenvalue weighted by molar-refractivity contribution is -0.139. The first kappa shape index (κ1) is 24.3. The van der Waals surface area contributed by atoms with Crippen LogP contribution in [0.25, 0.3) is 0 Å². The summed E-state index contributed by atoms with van der Waals surface area (Å²) in [6.45, 7) is 0.669. The van der Waals surface area contributed by atoms with E-state index in [2.05, 4.69) is 15.3 Å². The number of nitrogens with zero attached hydrogens (tertiary/aromatic N) is 2. The van der Waals surface area contributed by atoms with Crippen LogP contribution in [0.5, 0.6) is 0 Å². The van der Waals surface area contributed by atoms with E-state index in [0.29, 0.717) is 44.1 Å². The fourth-order valence-electron chi connectivity index (χ4n) is 4.35. The number of carbonyl (C=O) groups excluding carboxylic acids is 1. The van der Waals surface area contributed by atoms with Gasteiger partial charge in [-0.2, -0.15) is 13.2 Å². The zero-order valence-electron chi connectivity index (χ0n) is 18.9. The number of hydrogen-bond acceptors (Lipinski definition) is 5. The van der Waals surface area contributed by atoms with Crippen LogP contribution in [0.3, 0.4) is 0 Å². The predicted molar refractivity (Wildman–Crippen MR) is 123 cm³/mol. The molecule has 7 nitrogen and oxygen atoms in total. The minimum Gasteiger partial charge on any atom is -0.355 e. The van der Waals surface area contributed by atoms with Crippen LogP contribution in [0.4, 0.5) is 28.9 Å². The Kier molecular flexibility index (Phi) is 6.01. The van der Waals surface area contributed by atoms with E-state index < -0.39 is 32.6 Å². The number of sulfone groups is 1. The van der Waals surface area contributed by atoms with Gasteiger partial charge in [0, 0.05) is 30.7 Å². The third kappa shape index (κ3) is 4.57. The topological polar surface area (TPSA) is 95.2 Å². The molecule has 0 spiro atoms. The van der Waals surface area contributed by atoms with Crippen molar-refractivity contribution in [2.75, 3.05) is 11.9 Å². The molecule has 190 valence electrons. The second kappa shape index (κ2) is 8.91. The summed E-state index contributed by atoms with van der Waals surface area (Å²) in [6, 6.07) is 7.94. The van der Waals surface area contributed by atoms with Crippen LogP contribution in [-0.4, -0.2) is 41.0 Å². The Morgan fingerprint density at radius 1 is 1.08 bits per heavy atom. The van der Waals surface area contributed by atoms with Crippen LogP contribution in [0.15, 0.2) is 47.8 Å². The maximum atomic E-state index is 13.9. The van der Waals surface area contributed by atoms with Crippen molar-refractivity contribution in [1.29, 1.82) is 0 Å². The van der Waals surface area contributed by atoms with Crippen molar-refractivity contribution < 1.29 is 30.8 Å². The molecule has 3 aromatic rings. The van der Waals surface area contributed by atoms with Gasteiger partial charge in [-0.3, -0.25) is 4.79 Å². The van der Waals surface area contributed by atoms with Crippen molar-refractivity contribution in [1.82, 2.24) is 14.9 Å². The van der Waals surface area contributed by atoms with Crippen LogP contribution in [0.1, 0.15) is 46.4 Å². The number of H-pyrrole nitrogens is 1. The fraction of sp³-hybridized carbons (Fsp3) is 0.333. The molecule has 1 saturated carbocycles. The van der Waals surface area contributed by atoms with E-state index in [1.165, 1.54) is 6.20 Å². The van der Waals surface area contributed by atoms with Gasteiger partial charge in [0.2, 0.25) is 15.0 Å². The second-order valence-corrected chi connectivity index (χ2v) is 11.1. The third-order valence-corrected chi connectivity index (χ3v) is 8.70. The maximum absolute atomic E-state index is 13.9. The first-order valence-corrected chi connectivity index (χ1v) is 12.9. The monoisotopic (exact) mass is 522 g/mol. The van der Waals surface area contributed by atoms with Gasteiger partial charge in [-0.25, -0.2) is 17.8 Å². The van der Waals surface area contributed by atoms with Gasteiger partial charge in [0.25, 0.3) is 5.91 Å². The lowest BCUT2D eigenvalue weighted by atomic mass is 9.98. The molecule has 1 aromatic heterocycles. The number of anilines is 2. The minimum atomic E-state index is -4.76. The lowest BCUT2D eigenvalue weighted by Crippen LogP contribution is -2.36. The molecule has 0 saturated heterocycles. The Balaban J connectivity index is 1.27. The first-order chi connectivity index (χ1) is 17.0. The number of alkyl halides is 3. The number of fused-ring (bicyclic) bond motifs is 1. The quantitative estimate of drug-likeness (QED) is 0.468. The van der Waals surface area contributed by atoms with Crippen LogP contribution in [-0.2, 0) is 29.0 Å². The summed E-state index contributed by atoms with van der Waals surface area (Å²) >= 11 is 0. The highest BCUT2D eigenvalue weighted by Gasteiger charge is 2.36. The molecular weight excluding hydrogens is 500 g/mol.